The standard InChI is InChI=1S/C17H15ClFN5O2/c1-8-6-14(21-16(26)11-4-5-13(19)12(18)7-11)24(23-8)17-20-10(3)9(2)15(25)22-17/h4-7H,1-3H3,(H,21,26)(H,20,22,25). The number of anilines is 1. The monoisotopic (exact) mass is 375 g/mol. The van der Waals surface area contributed by atoms with Crippen molar-refractivity contribution in [2.45, 2.75) is 20.8 Å². The van der Waals surface area contributed by atoms with Crippen molar-refractivity contribution in [1.82, 2.24) is 19.7 Å². The van der Waals surface area contributed by atoms with Crippen molar-refractivity contribution in [2.75, 3.05) is 5.32 Å². The predicted molar refractivity (Wildman–Crippen MR) is 95.6 cm³/mol. The molecule has 0 fully saturated rings. The molecule has 9 heteroatoms. The number of nitrogens with one attached hydrogen (secondary N) is 2. The Morgan fingerprint density at radius 3 is 2.65 bits per heavy atom. The maximum Gasteiger partial charge on any atom is 0.256 e. The second kappa shape index (κ2) is 6.72. The van der Waals surface area contributed by atoms with Gasteiger partial charge in [0.05, 0.1) is 10.7 Å². The minimum atomic E-state index is -0.610. The van der Waals surface area contributed by atoms with Gasteiger partial charge in [-0.2, -0.15) is 9.78 Å². The highest BCUT2D eigenvalue weighted by Crippen LogP contribution is 2.19. The molecule has 0 atom stereocenters. The number of carbonyl (C=O) groups excluding carboxylic acids is 1. The third kappa shape index (κ3) is 3.36. The third-order valence-corrected chi connectivity index (χ3v) is 4.13. The van der Waals surface area contributed by atoms with Gasteiger partial charge in [0, 0.05) is 22.9 Å². The number of aromatic amines is 1. The van der Waals surface area contributed by atoms with Crippen LogP contribution in [0.4, 0.5) is 10.2 Å². The van der Waals surface area contributed by atoms with Gasteiger partial charge in [-0.15, -0.1) is 0 Å². The predicted octanol–water partition coefficient (Wildman–Crippen LogP) is 2.93. The van der Waals surface area contributed by atoms with Gasteiger partial charge in [0.25, 0.3) is 11.5 Å². The van der Waals surface area contributed by atoms with E-state index >= 15 is 0 Å². The van der Waals surface area contributed by atoms with Gasteiger partial charge in [-0.25, -0.2) is 9.37 Å². The first-order valence-electron chi connectivity index (χ1n) is 7.67. The van der Waals surface area contributed by atoms with Crippen LogP contribution in [0.3, 0.4) is 0 Å². The molecule has 26 heavy (non-hydrogen) atoms. The molecule has 0 spiro atoms. The molecule has 0 bridgehead atoms. The average Bonchev–Trinajstić information content (AvgIpc) is 2.95. The highest BCUT2D eigenvalue weighted by atomic mass is 35.5. The average molecular weight is 376 g/mol. The highest BCUT2D eigenvalue weighted by molar-refractivity contribution is 6.31. The zero-order valence-corrected chi connectivity index (χ0v) is 15.0. The number of rotatable bonds is 3. The summed E-state index contributed by atoms with van der Waals surface area (Å²) >= 11 is 5.72. The SMILES string of the molecule is Cc1cc(NC(=O)c2ccc(F)c(Cl)c2)n(-c2nc(C)c(C)c(=O)[nH]2)n1. The molecule has 3 rings (SSSR count). The fourth-order valence-corrected chi connectivity index (χ4v) is 2.49. The lowest BCUT2D eigenvalue weighted by atomic mass is 10.2. The first kappa shape index (κ1) is 17.8. The molecule has 0 aliphatic heterocycles. The summed E-state index contributed by atoms with van der Waals surface area (Å²) in [7, 11) is 0. The first-order chi connectivity index (χ1) is 12.3. The second-order valence-corrected chi connectivity index (χ2v) is 6.17. The van der Waals surface area contributed by atoms with Crippen LogP contribution in [-0.4, -0.2) is 25.7 Å². The highest BCUT2D eigenvalue weighted by Gasteiger charge is 2.16. The van der Waals surface area contributed by atoms with E-state index in [1.54, 1.807) is 26.8 Å². The number of aryl methyl sites for hydroxylation is 2. The largest absolute Gasteiger partial charge is 0.306 e. The van der Waals surface area contributed by atoms with Gasteiger partial charge in [0.2, 0.25) is 5.95 Å². The molecule has 7 nitrogen and oxygen atoms in total. The summed E-state index contributed by atoms with van der Waals surface area (Å²) in [5.41, 5.74) is 1.56. The molecule has 0 radical (unpaired) electrons. The molecule has 0 saturated carbocycles. The molecule has 1 aromatic carbocycles. The summed E-state index contributed by atoms with van der Waals surface area (Å²) in [5.74, 6) is -0.627. The van der Waals surface area contributed by atoms with Crippen molar-refractivity contribution in [3.8, 4) is 5.95 Å². The Hall–Kier alpha value is -3.00. The summed E-state index contributed by atoms with van der Waals surface area (Å²) in [4.78, 5) is 31.4. The van der Waals surface area contributed by atoms with Gasteiger partial charge in [0.15, 0.2) is 0 Å². The van der Waals surface area contributed by atoms with Crippen molar-refractivity contribution in [2.24, 2.45) is 0 Å². The van der Waals surface area contributed by atoms with Crippen LogP contribution >= 0.6 is 11.6 Å². The minimum absolute atomic E-state index is 0.150. The fourth-order valence-electron chi connectivity index (χ4n) is 2.31. The fraction of sp³-hybridized carbons (Fsp3) is 0.176. The lowest BCUT2D eigenvalue weighted by Gasteiger charge is -2.09. The van der Waals surface area contributed by atoms with Gasteiger partial charge >= 0.3 is 0 Å². The summed E-state index contributed by atoms with van der Waals surface area (Å²) in [6.45, 7) is 5.11. The molecule has 0 aliphatic rings. The van der Waals surface area contributed by atoms with Crippen LogP contribution in [0.1, 0.15) is 27.3 Å². The van der Waals surface area contributed by atoms with Crippen LogP contribution < -0.4 is 10.9 Å². The molecule has 0 unspecified atom stereocenters. The Kier molecular flexibility index (Phi) is 4.60. The van der Waals surface area contributed by atoms with Gasteiger partial charge in [0.1, 0.15) is 11.6 Å². The van der Waals surface area contributed by atoms with Crippen molar-refractivity contribution in [3.05, 3.63) is 68.0 Å². The van der Waals surface area contributed by atoms with E-state index in [0.29, 0.717) is 22.8 Å². The second-order valence-electron chi connectivity index (χ2n) is 5.77. The number of benzene rings is 1. The topological polar surface area (TPSA) is 92.7 Å². The number of hydrogen-bond donors (Lipinski definition) is 2. The van der Waals surface area contributed by atoms with E-state index in [0.717, 1.165) is 6.07 Å². The number of halogens is 2. The lowest BCUT2D eigenvalue weighted by Crippen LogP contribution is -2.20. The van der Waals surface area contributed by atoms with E-state index in [-0.39, 0.29) is 22.1 Å². The smallest absolute Gasteiger partial charge is 0.256 e. The van der Waals surface area contributed by atoms with Crippen LogP contribution in [0, 0.1) is 26.6 Å². The number of amides is 1. The maximum absolute atomic E-state index is 13.3. The van der Waals surface area contributed by atoms with Gasteiger partial charge < -0.3 is 5.32 Å². The molecule has 2 N–H and O–H groups in total. The first-order valence-corrected chi connectivity index (χ1v) is 8.05. The van der Waals surface area contributed by atoms with E-state index in [1.165, 1.54) is 16.8 Å². The van der Waals surface area contributed by atoms with Crippen molar-refractivity contribution >= 4 is 23.3 Å². The number of aromatic nitrogens is 4. The van der Waals surface area contributed by atoms with E-state index in [9.17, 15) is 14.0 Å². The zero-order valence-electron chi connectivity index (χ0n) is 14.2. The van der Waals surface area contributed by atoms with Crippen LogP contribution in [-0.2, 0) is 0 Å². The number of nitrogens with zero attached hydrogens (tertiary/aromatic N) is 3. The molecule has 3 aromatic rings. The molecule has 134 valence electrons. The maximum atomic E-state index is 13.3. The number of H-pyrrole nitrogens is 1. The van der Waals surface area contributed by atoms with Crippen LogP contribution in [0.5, 0.6) is 0 Å². The number of hydrogen-bond acceptors (Lipinski definition) is 4. The Bertz CT molecular complexity index is 1070. The molecule has 2 heterocycles. The quantitative estimate of drug-likeness (QED) is 0.736. The molecule has 2 aromatic heterocycles. The Labute approximate surface area is 152 Å². The molecular weight excluding hydrogens is 361 g/mol. The van der Waals surface area contributed by atoms with Crippen LogP contribution in [0.25, 0.3) is 5.95 Å². The molecule has 0 aliphatic carbocycles. The molecule has 0 saturated heterocycles. The van der Waals surface area contributed by atoms with E-state index in [4.69, 9.17) is 11.6 Å². The Morgan fingerprint density at radius 2 is 2.00 bits per heavy atom. The van der Waals surface area contributed by atoms with Gasteiger partial charge in [-0.1, -0.05) is 11.6 Å². The lowest BCUT2D eigenvalue weighted by molar-refractivity contribution is 0.102. The van der Waals surface area contributed by atoms with Crippen LogP contribution in [0.2, 0.25) is 5.02 Å². The summed E-state index contributed by atoms with van der Waals surface area (Å²) in [6, 6.07) is 5.29. The van der Waals surface area contributed by atoms with E-state index in [2.05, 4.69) is 20.4 Å². The van der Waals surface area contributed by atoms with Crippen molar-refractivity contribution in [3.63, 3.8) is 0 Å². The molecular formula is C17H15ClFN5O2. The normalized spacial score (nSPS) is 10.8. The van der Waals surface area contributed by atoms with Crippen molar-refractivity contribution in [1.29, 1.82) is 0 Å². The molecule has 1 amide bonds. The van der Waals surface area contributed by atoms with Gasteiger partial charge in [-0.05, 0) is 39.0 Å². The van der Waals surface area contributed by atoms with E-state index < -0.39 is 11.7 Å². The summed E-state index contributed by atoms with van der Waals surface area (Å²) in [6.07, 6.45) is 0. The zero-order chi connectivity index (χ0) is 19.0. The van der Waals surface area contributed by atoms with Crippen LogP contribution in [0.15, 0.2) is 29.1 Å². The van der Waals surface area contributed by atoms with E-state index in [1.807, 2.05) is 0 Å². The third-order valence-electron chi connectivity index (χ3n) is 3.84. The number of carbonyl (C=O) groups is 1. The van der Waals surface area contributed by atoms with Gasteiger partial charge in [-0.3, -0.25) is 14.6 Å². The summed E-state index contributed by atoms with van der Waals surface area (Å²) in [5, 5.41) is 6.77. The Morgan fingerprint density at radius 1 is 1.27 bits per heavy atom. The summed E-state index contributed by atoms with van der Waals surface area (Å²) < 4.78 is 14.6. The van der Waals surface area contributed by atoms with Crippen molar-refractivity contribution < 1.29 is 9.18 Å². The Balaban J connectivity index is 1.98. The minimum Gasteiger partial charge on any atom is -0.306 e.